The van der Waals surface area contributed by atoms with E-state index in [0.29, 0.717) is 0 Å². The second-order valence-electron chi connectivity index (χ2n) is 9.09. The predicted molar refractivity (Wildman–Crippen MR) is 133 cm³/mol. The largest absolute Gasteiger partial charge is 0.381 e. The van der Waals surface area contributed by atoms with Crippen LogP contribution >= 0.6 is 11.3 Å². The molecular formula is C27H39NO2S. The normalized spacial score (nSPS) is 17.5. The van der Waals surface area contributed by atoms with E-state index in [0.717, 1.165) is 55.4 Å². The molecule has 0 radical (unpaired) electrons. The molecule has 0 aromatic carbocycles. The third-order valence-electron chi connectivity index (χ3n) is 6.74. The minimum Gasteiger partial charge on any atom is -0.381 e. The van der Waals surface area contributed by atoms with Crippen molar-refractivity contribution in [3.8, 4) is 0 Å². The monoisotopic (exact) mass is 441 g/mol. The van der Waals surface area contributed by atoms with Crippen LogP contribution < -0.4 is 0 Å². The fraction of sp³-hybridized carbons (Fsp3) is 0.593. The van der Waals surface area contributed by atoms with Crippen LogP contribution in [0.5, 0.6) is 0 Å². The Morgan fingerprint density at radius 1 is 1.16 bits per heavy atom. The van der Waals surface area contributed by atoms with E-state index in [9.17, 15) is 4.79 Å². The maximum atomic E-state index is 13.4. The number of aromatic nitrogens is 1. The third-order valence-corrected chi connectivity index (χ3v) is 7.69. The molecule has 1 aliphatic heterocycles. The molecule has 1 fully saturated rings. The van der Waals surface area contributed by atoms with E-state index in [4.69, 9.17) is 4.74 Å². The van der Waals surface area contributed by atoms with Gasteiger partial charge < -0.3 is 9.30 Å². The van der Waals surface area contributed by atoms with E-state index in [1.165, 1.54) is 53.5 Å². The first-order chi connectivity index (χ1) is 15.0. The highest BCUT2D eigenvalue weighted by atomic mass is 32.1. The van der Waals surface area contributed by atoms with E-state index in [2.05, 4.69) is 56.7 Å². The highest BCUT2D eigenvalue weighted by Gasteiger charge is 2.25. The van der Waals surface area contributed by atoms with Crippen LogP contribution in [-0.2, 0) is 11.3 Å². The lowest BCUT2D eigenvalue weighted by atomic mass is 9.84. The lowest BCUT2D eigenvalue weighted by molar-refractivity contribution is 0.0654. The average Bonchev–Trinajstić information content (AvgIpc) is 3.37. The van der Waals surface area contributed by atoms with E-state index >= 15 is 0 Å². The summed E-state index contributed by atoms with van der Waals surface area (Å²) in [6.45, 7) is 13.5. The van der Waals surface area contributed by atoms with Crippen molar-refractivity contribution < 1.29 is 9.53 Å². The zero-order valence-corrected chi connectivity index (χ0v) is 20.9. The van der Waals surface area contributed by atoms with Crippen molar-refractivity contribution in [1.29, 1.82) is 0 Å². The van der Waals surface area contributed by atoms with Gasteiger partial charge in [-0.15, -0.1) is 11.3 Å². The van der Waals surface area contributed by atoms with Crippen molar-refractivity contribution in [3.05, 3.63) is 45.5 Å². The lowest BCUT2D eigenvalue weighted by Gasteiger charge is -2.21. The molecule has 0 amide bonds. The van der Waals surface area contributed by atoms with Gasteiger partial charge >= 0.3 is 0 Å². The molecule has 31 heavy (non-hydrogen) atoms. The Bertz CT molecular complexity index is 949. The molecule has 0 bridgehead atoms. The molecule has 170 valence electrons. The van der Waals surface area contributed by atoms with Gasteiger partial charge in [0.25, 0.3) is 0 Å². The molecule has 1 aliphatic carbocycles. The molecule has 0 atom stereocenters. The standard InChI is InChI=1S/C20H25NOS.C7H14O/c1-5-21-17(12-15-10-11-23-20(15)21)19(22)18(13(2)3)16-9-7-6-8-14(16)4;1-2-7-3-5-8-6-4-7/h10-12H,5-9H2,1-4H3;7H,2-6H2,1H3. The number of rotatable bonds is 5. The molecule has 0 unspecified atom stereocenters. The zero-order valence-electron chi connectivity index (χ0n) is 20.1. The van der Waals surface area contributed by atoms with Crippen molar-refractivity contribution in [2.24, 2.45) is 5.92 Å². The molecule has 3 heterocycles. The predicted octanol–water partition coefficient (Wildman–Crippen LogP) is 7.96. The number of thiophene rings is 1. The van der Waals surface area contributed by atoms with Crippen LogP contribution in [0.25, 0.3) is 10.2 Å². The maximum Gasteiger partial charge on any atom is 0.209 e. The molecule has 4 heteroatoms. The highest BCUT2D eigenvalue weighted by Crippen LogP contribution is 2.34. The van der Waals surface area contributed by atoms with Crippen molar-refractivity contribution in [3.63, 3.8) is 0 Å². The summed E-state index contributed by atoms with van der Waals surface area (Å²) >= 11 is 1.72. The van der Waals surface area contributed by atoms with Crippen molar-refractivity contribution in [2.45, 2.75) is 86.1 Å². The van der Waals surface area contributed by atoms with Gasteiger partial charge in [0.2, 0.25) is 5.78 Å². The molecule has 2 aromatic rings. The van der Waals surface area contributed by atoms with Gasteiger partial charge in [0.15, 0.2) is 0 Å². The number of aryl methyl sites for hydroxylation is 1. The SMILES string of the molecule is CCC1CCOCC1.CCn1c(C(=O)C(=C(C)C)C2=C(C)CCCC2)cc2ccsc21. The van der Waals surface area contributed by atoms with Crippen LogP contribution in [0.4, 0.5) is 0 Å². The first kappa shape index (κ1) is 24.0. The first-order valence-electron chi connectivity index (χ1n) is 12.0. The molecule has 4 rings (SSSR count). The minimum absolute atomic E-state index is 0.200. The van der Waals surface area contributed by atoms with Crippen LogP contribution in [0.3, 0.4) is 0 Å². The first-order valence-corrected chi connectivity index (χ1v) is 12.9. The topological polar surface area (TPSA) is 31.2 Å². The molecule has 1 saturated heterocycles. The number of carbonyl (C=O) groups is 1. The van der Waals surface area contributed by atoms with Crippen molar-refractivity contribution in [1.82, 2.24) is 4.57 Å². The van der Waals surface area contributed by atoms with Gasteiger partial charge in [0.1, 0.15) is 4.83 Å². The van der Waals surface area contributed by atoms with Gasteiger partial charge in [-0.1, -0.05) is 24.5 Å². The molecular weight excluding hydrogens is 402 g/mol. The Labute approximate surface area is 192 Å². The summed E-state index contributed by atoms with van der Waals surface area (Å²) in [5.41, 5.74) is 5.64. The molecule has 3 nitrogen and oxygen atoms in total. The van der Waals surface area contributed by atoms with Gasteiger partial charge in [-0.05, 0) is 95.2 Å². The Morgan fingerprint density at radius 2 is 1.87 bits per heavy atom. The maximum absolute atomic E-state index is 13.4. The molecule has 2 aromatic heterocycles. The number of ether oxygens (including phenoxy) is 1. The summed E-state index contributed by atoms with van der Waals surface area (Å²) < 4.78 is 7.37. The highest BCUT2D eigenvalue weighted by molar-refractivity contribution is 7.16. The van der Waals surface area contributed by atoms with Crippen LogP contribution in [0.1, 0.15) is 90.1 Å². The lowest BCUT2D eigenvalue weighted by Crippen LogP contribution is -2.15. The van der Waals surface area contributed by atoms with E-state index in [1.807, 2.05) is 0 Å². The van der Waals surface area contributed by atoms with Crippen LogP contribution in [-0.4, -0.2) is 23.6 Å². The van der Waals surface area contributed by atoms with Crippen LogP contribution in [0, 0.1) is 5.92 Å². The van der Waals surface area contributed by atoms with Gasteiger partial charge in [-0.25, -0.2) is 0 Å². The number of allylic oxidation sites excluding steroid dienone is 4. The number of Topliss-reactive ketones (excluding diaryl/α,β-unsaturated/α-hetero) is 1. The van der Waals surface area contributed by atoms with Crippen molar-refractivity contribution >= 4 is 27.3 Å². The smallest absolute Gasteiger partial charge is 0.209 e. The third kappa shape index (κ3) is 5.59. The second-order valence-corrected chi connectivity index (χ2v) is 9.98. The summed E-state index contributed by atoms with van der Waals surface area (Å²) in [7, 11) is 0. The van der Waals surface area contributed by atoms with Gasteiger partial charge in [0, 0.05) is 30.7 Å². The molecule has 0 N–H and O–H groups in total. The van der Waals surface area contributed by atoms with Gasteiger partial charge in [0.05, 0.1) is 5.69 Å². The molecule has 2 aliphatic rings. The van der Waals surface area contributed by atoms with Crippen LogP contribution in [0.15, 0.2) is 39.8 Å². The van der Waals surface area contributed by atoms with E-state index in [-0.39, 0.29) is 5.78 Å². The number of nitrogens with zero attached hydrogens (tertiary/aromatic N) is 1. The van der Waals surface area contributed by atoms with E-state index in [1.54, 1.807) is 11.3 Å². The summed E-state index contributed by atoms with van der Waals surface area (Å²) in [4.78, 5) is 14.6. The Balaban J connectivity index is 0.000000287. The number of fused-ring (bicyclic) bond motifs is 1. The van der Waals surface area contributed by atoms with Gasteiger partial charge in [-0.2, -0.15) is 0 Å². The average molecular weight is 442 g/mol. The van der Waals surface area contributed by atoms with Gasteiger partial charge in [-0.3, -0.25) is 4.79 Å². The number of hydrogen-bond donors (Lipinski definition) is 0. The molecule has 0 spiro atoms. The van der Waals surface area contributed by atoms with Crippen molar-refractivity contribution in [2.75, 3.05) is 13.2 Å². The Morgan fingerprint density at radius 3 is 2.45 bits per heavy atom. The summed E-state index contributed by atoms with van der Waals surface area (Å²) in [6.07, 6.45) is 8.53. The summed E-state index contributed by atoms with van der Waals surface area (Å²) in [5.74, 6) is 1.16. The summed E-state index contributed by atoms with van der Waals surface area (Å²) in [5, 5.41) is 3.28. The Hall–Kier alpha value is -1.65. The number of hydrogen-bond acceptors (Lipinski definition) is 3. The quantitative estimate of drug-likeness (QED) is 0.348. The fourth-order valence-corrected chi connectivity index (χ4v) is 5.78. The summed E-state index contributed by atoms with van der Waals surface area (Å²) in [6, 6.07) is 4.18. The zero-order chi connectivity index (χ0) is 22.4. The minimum atomic E-state index is 0.200. The second kappa shape index (κ2) is 11.3. The van der Waals surface area contributed by atoms with E-state index < -0.39 is 0 Å². The fourth-order valence-electron chi connectivity index (χ4n) is 4.82. The van der Waals surface area contributed by atoms with Crippen LogP contribution in [0.2, 0.25) is 0 Å². The number of ketones is 1. The molecule has 0 saturated carbocycles. The Kier molecular flexibility index (Phi) is 8.74. The number of carbonyl (C=O) groups excluding carboxylic acids is 1.